The number of rotatable bonds is 3. The van der Waals surface area contributed by atoms with E-state index >= 15 is 0 Å². The highest BCUT2D eigenvalue weighted by atomic mass is 32.1. The van der Waals surface area contributed by atoms with Gasteiger partial charge in [0.2, 0.25) is 0 Å². The van der Waals surface area contributed by atoms with E-state index in [4.69, 9.17) is 5.84 Å². The lowest BCUT2D eigenvalue weighted by Gasteiger charge is -2.05. The standard InChI is InChI=1S/C12H14N6S/c1-7-3-9-11(4-8(7)2)18(6-14-9)5-10-12(15-13)19-17-16-10/h3-4,6,15H,5,13H2,1-2H3. The van der Waals surface area contributed by atoms with Crippen LogP contribution in [0.1, 0.15) is 16.8 Å². The molecule has 2 heterocycles. The molecule has 19 heavy (non-hydrogen) atoms. The van der Waals surface area contributed by atoms with Gasteiger partial charge in [0.1, 0.15) is 10.7 Å². The maximum atomic E-state index is 5.44. The molecule has 0 fully saturated rings. The van der Waals surface area contributed by atoms with Crippen LogP contribution in [0.5, 0.6) is 0 Å². The second-order valence-corrected chi connectivity index (χ2v) is 5.24. The summed E-state index contributed by atoms with van der Waals surface area (Å²) in [7, 11) is 0. The van der Waals surface area contributed by atoms with Gasteiger partial charge in [-0.2, -0.15) is 0 Å². The number of hydrazine groups is 1. The maximum Gasteiger partial charge on any atom is 0.149 e. The first-order valence-corrected chi connectivity index (χ1v) is 6.66. The third kappa shape index (κ3) is 2.06. The third-order valence-electron chi connectivity index (χ3n) is 3.24. The number of anilines is 1. The summed E-state index contributed by atoms with van der Waals surface area (Å²) in [4.78, 5) is 4.42. The van der Waals surface area contributed by atoms with Gasteiger partial charge in [-0.1, -0.05) is 4.49 Å². The Kier molecular flexibility index (Phi) is 2.92. The van der Waals surface area contributed by atoms with Crippen LogP contribution in [0.3, 0.4) is 0 Å². The number of nitrogen functional groups attached to an aromatic ring is 1. The van der Waals surface area contributed by atoms with E-state index in [0.717, 1.165) is 21.7 Å². The minimum Gasteiger partial charge on any atom is -0.324 e. The molecule has 0 aliphatic heterocycles. The molecule has 0 atom stereocenters. The van der Waals surface area contributed by atoms with Crippen molar-refractivity contribution in [2.24, 2.45) is 5.84 Å². The van der Waals surface area contributed by atoms with Gasteiger partial charge in [0.15, 0.2) is 0 Å². The van der Waals surface area contributed by atoms with Crippen molar-refractivity contribution in [2.45, 2.75) is 20.4 Å². The van der Waals surface area contributed by atoms with Crippen molar-refractivity contribution < 1.29 is 0 Å². The average Bonchev–Trinajstić information content (AvgIpc) is 2.99. The third-order valence-corrected chi connectivity index (χ3v) is 3.94. The fourth-order valence-electron chi connectivity index (χ4n) is 2.02. The Labute approximate surface area is 114 Å². The fourth-order valence-corrected chi connectivity index (χ4v) is 2.51. The Morgan fingerprint density at radius 2 is 2.11 bits per heavy atom. The molecule has 0 unspecified atom stereocenters. The molecule has 0 saturated heterocycles. The lowest BCUT2D eigenvalue weighted by Crippen LogP contribution is -2.09. The van der Waals surface area contributed by atoms with Crippen LogP contribution in [0.15, 0.2) is 18.5 Å². The summed E-state index contributed by atoms with van der Waals surface area (Å²) in [6, 6.07) is 4.25. The van der Waals surface area contributed by atoms with E-state index in [2.05, 4.69) is 50.5 Å². The zero-order chi connectivity index (χ0) is 13.4. The molecule has 3 N–H and O–H groups in total. The first-order chi connectivity index (χ1) is 9.19. The number of imidazole rings is 1. The maximum absolute atomic E-state index is 5.44. The van der Waals surface area contributed by atoms with Gasteiger partial charge in [0.25, 0.3) is 0 Å². The second kappa shape index (κ2) is 4.60. The molecule has 2 aromatic heterocycles. The molecular formula is C12H14N6S. The second-order valence-electron chi connectivity index (χ2n) is 4.49. The SMILES string of the molecule is Cc1cc2ncn(Cc3nnsc3NN)c2cc1C. The van der Waals surface area contributed by atoms with Crippen molar-refractivity contribution in [3.05, 3.63) is 35.3 Å². The van der Waals surface area contributed by atoms with Gasteiger partial charge in [0.05, 0.1) is 23.9 Å². The molecule has 6 nitrogen and oxygen atoms in total. The van der Waals surface area contributed by atoms with Crippen LogP contribution in [0.4, 0.5) is 5.00 Å². The van der Waals surface area contributed by atoms with Crippen molar-refractivity contribution in [2.75, 3.05) is 5.43 Å². The molecule has 3 rings (SSSR count). The predicted octanol–water partition coefficient (Wildman–Crippen LogP) is 1.84. The molecule has 0 bridgehead atoms. The van der Waals surface area contributed by atoms with Gasteiger partial charge >= 0.3 is 0 Å². The average molecular weight is 274 g/mol. The Morgan fingerprint density at radius 1 is 1.32 bits per heavy atom. The first kappa shape index (κ1) is 12.1. The molecule has 0 amide bonds. The number of aromatic nitrogens is 4. The highest BCUT2D eigenvalue weighted by molar-refractivity contribution is 7.10. The van der Waals surface area contributed by atoms with Gasteiger partial charge in [-0.25, -0.2) is 10.8 Å². The molecule has 0 saturated carbocycles. The number of nitrogens with two attached hydrogens (primary N) is 1. The van der Waals surface area contributed by atoms with Crippen LogP contribution < -0.4 is 11.3 Å². The number of nitrogens with zero attached hydrogens (tertiary/aromatic N) is 4. The van der Waals surface area contributed by atoms with Crippen LogP contribution in [-0.2, 0) is 6.54 Å². The number of hydrogen-bond acceptors (Lipinski definition) is 6. The van der Waals surface area contributed by atoms with E-state index in [1.165, 1.54) is 22.7 Å². The van der Waals surface area contributed by atoms with Gasteiger partial charge in [-0.3, -0.25) is 0 Å². The highest BCUT2D eigenvalue weighted by Crippen LogP contribution is 2.22. The Balaban J connectivity index is 2.04. The molecular weight excluding hydrogens is 260 g/mol. The van der Waals surface area contributed by atoms with Gasteiger partial charge in [-0.05, 0) is 37.1 Å². The van der Waals surface area contributed by atoms with E-state index in [-0.39, 0.29) is 0 Å². The zero-order valence-electron chi connectivity index (χ0n) is 10.7. The Hall–Kier alpha value is -1.99. The number of nitrogens with one attached hydrogen (secondary N) is 1. The molecule has 0 aliphatic carbocycles. The van der Waals surface area contributed by atoms with Crippen molar-refractivity contribution >= 4 is 27.6 Å². The summed E-state index contributed by atoms with van der Waals surface area (Å²) in [6.07, 6.45) is 1.82. The van der Waals surface area contributed by atoms with E-state index in [9.17, 15) is 0 Å². The summed E-state index contributed by atoms with van der Waals surface area (Å²) in [5, 5.41) is 4.87. The normalized spacial score (nSPS) is 11.1. The van der Waals surface area contributed by atoms with E-state index in [0.29, 0.717) is 6.54 Å². The smallest absolute Gasteiger partial charge is 0.149 e. The minimum absolute atomic E-state index is 0.606. The molecule has 0 spiro atoms. The largest absolute Gasteiger partial charge is 0.324 e. The summed E-state index contributed by atoms with van der Waals surface area (Å²) in [6.45, 7) is 4.80. The van der Waals surface area contributed by atoms with E-state index < -0.39 is 0 Å². The van der Waals surface area contributed by atoms with Gasteiger partial charge in [0, 0.05) is 11.5 Å². The molecule has 0 aliphatic rings. The summed E-state index contributed by atoms with van der Waals surface area (Å²) in [5.41, 5.74) is 8.03. The lowest BCUT2D eigenvalue weighted by molar-refractivity contribution is 0.791. The van der Waals surface area contributed by atoms with Gasteiger partial charge < -0.3 is 9.99 Å². The number of fused-ring (bicyclic) bond motifs is 1. The monoisotopic (exact) mass is 274 g/mol. The number of benzene rings is 1. The van der Waals surface area contributed by atoms with Gasteiger partial charge in [-0.15, -0.1) is 5.10 Å². The zero-order valence-corrected chi connectivity index (χ0v) is 11.5. The minimum atomic E-state index is 0.606. The summed E-state index contributed by atoms with van der Waals surface area (Å²) >= 11 is 1.25. The first-order valence-electron chi connectivity index (χ1n) is 5.89. The van der Waals surface area contributed by atoms with E-state index in [1.54, 1.807) is 0 Å². The fraction of sp³-hybridized carbons (Fsp3) is 0.250. The van der Waals surface area contributed by atoms with Crippen LogP contribution in [0, 0.1) is 13.8 Å². The van der Waals surface area contributed by atoms with Crippen molar-refractivity contribution in [1.82, 2.24) is 19.1 Å². The molecule has 98 valence electrons. The van der Waals surface area contributed by atoms with Crippen LogP contribution in [0.25, 0.3) is 11.0 Å². The number of hydrogen-bond donors (Lipinski definition) is 2. The van der Waals surface area contributed by atoms with Crippen molar-refractivity contribution in [3.63, 3.8) is 0 Å². The number of aryl methyl sites for hydroxylation is 2. The van der Waals surface area contributed by atoms with Crippen molar-refractivity contribution in [3.8, 4) is 0 Å². The van der Waals surface area contributed by atoms with Crippen LogP contribution >= 0.6 is 11.5 Å². The van der Waals surface area contributed by atoms with E-state index in [1.807, 2.05) is 6.33 Å². The Bertz CT molecular complexity index is 729. The molecule has 1 aromatic carbocycles. The highest BCUT2D eigenvalue weighted by Gasteiger charge is 2.10. The predicted molar refractivity (Wildman–Crippen MR) is 76.0 cm³/mol. The van der Waals surface area contributed by atoms with Crippen molar-refractivity contribution in [1.29, 1.82) is 0 Å². The molecule has 3 aromatic rings. The van der Waals surface area contributed by atoms with Crippen LogP contribution in [-0.4, -0.2) is 19.1 Å². The summed E-state index contributed by atoms with van der Waals surface area (Å²) in [5.74, 6) is 5.44. The Morgan fingerprint density at radius 3 is 2.89 bits per heavy atom. The molecule has 0 radical (unpaired) electrons. The quantitative estimate of drug-likeness (QED) is 0.562. The summed E-state index contributed by atoms with van der Waals surface area (Å²) < 4.78 is 5.96. The topological polar surface area (TPSA) is 81.7 Å². The van der Waals surface area contributed by atoms with Crippen LogP contribution in [0.2, 0.25) is 0 Å². The molecule has 7 heteroatoms. The lowest BCUT2D eigenvalue weighted by atomic mass is 10.1.